The Balaban J connectivity index is 2.33. The standard InChI is InChI=1S/C14H17FN4O2/c1-18(2)8-4-7-17-14-11(15)9-12(19(20)21)10-5-3-6-16-13(10)14/h3,5-6,9,17H,4,7-8H2,1-2H3. The summed E-state index contributed by atoms with van der Waals surface area (Å²) < 4.78 is 14.1. The summed E-state index contributed by atoms with van der Waals surface area (Å²) in [6.07, 6.45) is 2.33. The number of hydrogen-bond acceptors (Lipinski definition) is 5. The summed E-state index contributed by atoms with van der Waals surface area (Å²) in [4.78, 5) is 16.5. The largest absolute Gasteiger partial charge is 0.381 e. The first kappa shape index (κ1) is 15.1. The van der Waals surface area contributed by atoms with Gasteiger partial charge in [0.2, 0.25) is 0 Å². The van der Waals surface area contributed by atoms with Crippen LogP contribution in [-0.2, 0) is 0 Å². The summed E-state index contributed by atoms with van der Waals surface area (Å²) >= 11 is 0. The van der Waals surface area contributed by atoms with Gasteiger partial charge in [0.1, 0.15) is 5.52 Å². The molecule has 1 N–H and O–H groups in total. The molecule has 0 radical (unpaired) electrons. The molecule has 0 saturated carbocycles. The van der Waals surface area contributed by atoms with E-state index in [0.29, 0.717) is 11.9 Å². The lowest BCUT2D eigenvalue weighted by Gasteiger charge is -2.12. The second-order valence-corrected chi connectivity index (χ2v) is 4.99. The number of non-ortho nitro benzene ring substituents is 1. The van der Waals surface area contributed by atoms with Gasteiger partial charge in [0.25, 0.3) is 5.69 Å². The van der Waals surface area contributed by atoms with Crippen molar-refractivity contribution in [3.63, 3.8) is 0 Å². The van der Waals surface area contributed by atoms with E-state index >= 15 is 0 Å². The minimum Gasteiger partial charge on any atom is -0.381 e. The van der Waals surface area contributed by atoms with Gasteiger partial charge in [-0.15, -0.1) is 0 Å². The maximum Gasteiger partial charge on any atom is 0.281 e. The van der Waals surface area contributed by atoms with E-state index in [1.807, 2.05) is 19.0 Å². The van der Waals surface area contributed by atoms with Gasteiger partial charge >= 0.3 is 0 Å². The van der Waals surface area contributed by atoms with Crippen molar-refractivity contribution in [2.45, 2.75) is 6.42 Å². The molecule has 2 rings (SSSR count). The molecule has 0 fully saturated rings. The molecule has 6 nitrogen and oxygen atoms in total. The van der Waals surface area contributed by atoms with Crippen LogP contribution < -0.4 is 5.32 Å². The van der Waals surface area contributed by atoms with Gasteiger partial charge in [-0.3, -0.25) is 15.1 Å². The third-order valence-corrected chi connectivity index (χ3v) is 3.10. The number of fused-ring (bicyclic) bond motifs is 1. The topological polar surface area (TPSA) is 71.3 Å². The van der Waals surface area contributed by atoms with E-state index in [4.69, 9.17) is 0 Å². The van der Waals surface area contributed by atoms with Crippen LogP contribution in [0.5, 0.6) is 0 Å². The van der Waals surface area contributed by atoms with Gasteiger partial charge < -0.3 is 10.2 Å². The smallest absolute Gasteiger partial charge is 0.281 e. The van der Waals surface area contributed by atoms with Crippen molar-refractivity contribution in [2.24, 2.45) is 0 Å². The highest BCUT2D eigenvalue weighted by Crippen LogP contribution is 2.32. The zero-order valence-corrected chi connectivity index (χ0v) is 12.0. The molecule has 112 valence electrons. The molecule has 0 unspecified atom stereocenters. The van der Waals surface area contributed by atoms with Crippen molar-refractivity contribution in [1.82, 2.24) is 9.88 Å². The molecule has 0 aliphatic heterocycles. The second kappa shape index (κ2) is 6.45. The first-order valence-corrected chi connectivity index (χ1v) is 6.61. The molecule has 0 atom stereocenters. The zero-order valence-electron chi connectivity index (χ0n) is 12.0. The molecule has 1 heterocycles. The van der Waals surface area contributed by atoms with E-state index in [9.17, 15) is 14.5 Å². The van der Waals surface area contributed by atoms with Crippen LogP contribution in [0.3, 0.4) is 0 Å². The molecule has 0 aliphatic carbocycles. The Morgan fingerprint density at radius 1 is 1.48 bits per heavy atom. The Morgan fingerprint density at radius 3 is 2.90 bits per heavy atom. The number of pyridine rings is 1. The van der Waals surface area contributed by atoms with Crippen LogP contribution in [0.2, 0.25) is 0 Å². The van der Waals surface area contributed by atoms with Crippen molar-refractivity contribution in [3.05, 3.63) is 40.3 Å². The monoisotopic (exact) mass is 292 g/mol. The molecule has 2 aromatic rings. The minimum absolute atomic E-state index is 0.218. The summed E-state index contributed by atoms with van der Waals surface area (Å²) in [5.41, 5.74) is 0.235. The molecule has 0 saturated heterocycles. The van der Waals surface area contributed by atoms with Crippen LogP contribution in [0.15, 0.2) is 24.4 Å². The number of hydrogen-bond donors (Lipinski definition) is 1. The Bertz CT molecular complexity index is 661. The van der Waals surface area contributed by atoms with Crippen LogP contribution in [0.1, 0.15) is 6.42 Å². The first-order valence-electron chi connectivity index (χ1n) is 6.61. The van der Waals surface area contributed by atoms with Crippen LogP contribution in [0.4, 0.5) is 15.8 Å². The summed E-state index contributed by atoms with van der Waals surface area (Å²) in [5.74, 6) is -0.655. The number of halogens is 1. The number of nitrogens with zero attached hydrogens (tertiary/aromatic N) is 3. The number of nitro benzene ring substituents is 1. The highest BCUT2D eigenvalue weighted by atomic mass is 19.1. The predicted octanol–water partition coefficient (Wildman–Crippen LogP) is 2.65. The van der Waals surface area contributed by atoms with Gasteiger partial charge in [0.05, 0.1) is 22.1 Å². The Labute approximate surface area is 121 Å². The molecular weight excluding hydrogens is 275 g/mol. The average Bonchev–Trinajstić information content (AvgIpc) is 2.44. The van der Waals surface area contributed by atoms with Crippen LogP contribution in [0, 0.1) is 15.9 Å². The second-order valence-electron chi connectivity index (χ2n) is 4.99. The lowest BCUT2D eigenvalue weighted by Crippen LogP contribution is -2.16. The molecule has 0 bridgehead atoms. The molecule has 7 heteroatoms. The fourth-order valence-corrected chi connectivity index (χ4v) is 2.12. The van der Waals surface area contributed by atoms with Crippen LogP contribution in [0.25, 0.3) is 10.9 Å². The van der Waals surface area contributed by atoms with Crippen LogP contribution >= 0.6 is 0 Å². The minimum atomic E-state index is -0.655. The number of benzene rings is 1. The van der Waals surface area contributed by atoms with Crippen molar-refractivity contribution < 1.29 is 9.31 Å². The van der Waals surface area contributed by atoms with Gasteiger partial charge in [-0.25, -0.2) is 4.39 Å². The van der Waals surface area contributed by atoms with E-state index in [-0.39, 0.29) is 16.9 Å². The number of nitro groups is 1. The molecular formula is C14H17FN4O2. The maximum absolute atomic E-state index is 14.1. The van der Waals surface area contributed by atoms with Gasteiger partial charge in [-0.05, 0) is 39.2 Å². The van der Waals surface area contributed by atoms with Gasteiger partial charge in [0.15, 0.2) is 5.82 Å². The van der Waals surface area contributed by atoms with E-state index < -0.39 is 10.7 Å². The third kappa shape index (κ3) is 3.43. The predicted molar refractivity (Wildman–Crippen MR) is 80.0 cm³/mol. The van der Waals surface area contributed by atoms with Gasteiger partial charge in [-0.1, -0.05) is 0 Å². The summed E-state index contributed by atoms with van der Waals surface area (Å²) in [6.45, 7) is 1.44. The van der Waals surface area contributed by atoms with E-state index in [1.54, 1.807) is 12.1 Å². The number of aromatic nitrogens is 1. The van der Waals surface area contributed by atoms with Gasteiger partial charge in [-0.2, -0.15) is 0 Å². The quantitative estimate of drug-likeness (QED) is 0.503. The average molecular weight is 292 g/mol. The first-order chi connectivity index (χ1) is 10.0. The fourth-order valence-electron chi connectivity index (χ4n) is 2.12. The number of nitrogens with one attached hydrogen (secondary N) is 1. The Hall–Kier alpha value is -2.28. The number of rotatable bonds is 6. The summed E-state index contributed by atoms with van der Waals surface area (Å²) in [7, 11) is 3.92. The van der Waals surface area contributed by atoms with Crippen molar-refractivity contribution in [2.75, 3.05) is 32.5 Å². The normalized spacial score (nSPS) is 11.0. The van der Waals surface area contributed by atoms with Crippen molar-refractivity contribution in [1.29, 1.82) is 0 Å². The lowest BCUT2D eigenvalue weighted by molar-refractivity contribution is -0.383. The van der Waals surface area contributed by atoms with Gasteiger partial charge in [0, 0.05) is 12.7 Å². The van der Waals surface area contributed by atoms with Crippen molar-refractivity contribution >= 4 is 22.3 Å². The highest BCUT2D eigenvalue weighted by molar-refractivity contribution is 5.97. The molecule has 1 aromatic heterocycles. The summed E-state index contributed by atoms with van der Waals surface area (Å²) in [6, 6.07) is 4.12. The molecule has 0 aliphatic rings. The maximum atomic E-state index is 14.1. The highest BCUT2D eigenvalue weighted by Gasteiger charge is 2.19. The third-order valence-electron chi connectivity index (χ3n) is 3.10. The van der Waals surface area contributed by atoms with Crippen LogP contribution in [-0.4, -0.2) is 42.0 Å². The number of anilines is 1. The summed E-state index contributed by atoms with van der Waals surface area (Å²) in [5, 5.41) is 14.3. The molecule has 0 spiro atoms. The fraction of sp³-hybridized carbons (Fsp3) is 0.357. The Kier molecular flexibility index (Phi) is 4.64. The lowest BCUT2D eigenvalue weighted by atomic mass is 10.1. The molecule has 1 aromatic carbocycles. The van der Waals surface area contributed by atoms with E-state index in [2.05, 4.69) is 10.3 Å². The zero-order chi connectivity index (χ0) is 15.4. The Morgan fingerprint density at radius 2 is 2.24 bits per heavy atom. The van der Waals surface area contributed by atoms with E-state index in [0.717, 1.165) is 19.0 Å². The SMILES string of the molecule is CN(C)CCCNc1c(F)cc([N+](=O)[O-])c2cccnc12. The molecule has 21 heavy (non-hydrogen) atoms. The molecule has 0 amide bonds. The van der Waals surface area contributed by atoms with Crippen molar-refractivity contribution in [3.8, 4) is 0 Å². The van der Waals surface area contributed by atoms with E-state index in [1.165, 1.54) is 6.20 Å².